The monoisotopic (exact) mass is 475 g/mol. The number of aromatic nitrogens is 3. The van der Waals surface area contributed by atoms with Crippen molar-refractivity contribution in [2.45, 2.75) is 42.9 Å². The van der Waals surface area contributed by atoms with E-state index in [4.69, 9.17) is 0 Å². The molecule has 170 valence electrons. The zero-order chi connectivity index (χ0) is 23.8. The molecule has 0 aromatic carbocycles. The third-order valence-corrected chi connectivity index (χ3v) is 7.81. The highest BCUT2D eigenvalue weighted by molar-refractivity contribution is 7.91. The molecule has 0 saturated heterocycles. The predicted molar refractivity (Wildman–Crippen MR) is 109 cm³/mol. The highest BCUT2D eigenvalue weighted by Crippen LogP contribution is 2.48. The van der Waals surface area contributed by atoms with Crippen LogP contribution in [0.15, 0.2) is 35.6 Å². The Hall–Kier alpha value is -3.46. The fourth-order valence-electron chi connectivity index (χ4n) is 3.97. The molecule has 0 radical (unpaired) electrons. The van der Waals surface area contributed by atoms with Crippen LogP contribution in [0.3, 0.4) is 0 Å². The average Bonchev–Trinajstić information content (AvgIpc) is 3.38. The van der Waals surface area contributed by atoms with E-state index in [1.165, 1.54) is 13.1 Å². The summed E-state index contributed by atoms with van der Waals surface area (Å²) in [7, 11) is -4.07. The minimum absolute atomic E-state index is 0.0381. The Bertz CT molecular complexity index is 1480. The van der Waals surface area contributed by atoms with Gasteiger partial charge < -0.3 is 0 Å². The van der Waals surface area contributed by atoms with Gasteiger partial charge in [-0.2, -0.15) is 18.4 Å². The molecule has 1 aliphatic heterocycles. The molecule has 1 saturated carbocycles. The van der Waals surface area contributed by atoms with Gasteiger partial charge in [-0.15, -0.1) is 0 Å². The minimum atomic E-state index is -4.69. The summed E-state index contributed by atoms with van der Waals surface area (Å²) in [6, 6.07) is 5.70. The van der Waals surface area contributed by atoms with Crippen LogP contribution >= 0.6 is 0 Å². The van der Waals surface area contributed by atoms with Crippen LogP contribution < -0.4 is 4.90 Å². The molecule has 3 aromatic rings. The van der Waals surface area contributed by atoms with Crippen molar-refractivity contribution in [2.75, 3.05) is 10.7 Å². The first kappa shape index (κ1) is 21.4. The number of hydrogen-bond acceptors (Lipinski definition) is 6. The average molecular weight is 475 g/mol. The molecule has 1 aliphatic carbocycles. The fourth-order valence-corrected chi connectivity index (χ4v) is 5.13. The molecular formula is C21H16F3N5O3S. The third kappa shape index (κ3) is 3.18. The van der Waals surface area contributed by atoms with Crippen molar-refractivity contribution in [1.29, 1.82) is 5.26 Å². The van der Waals surface area contributed by atoms with Gasteiger partial charge in [0.25, 0.3) is 5.91 Å². The maximum atomic E-state index is 13.3. The number of imidazole rings is 1. The number of pyridine rings is 2. The maximum Gasteiger partial charge on any atom is 0.417 e. The van der Waals surface area contributed by atoms with Crippen LogP contribution in [0.5, 0.6) is 0 Å². The van der Waals surface area contributed by atoms with E-state index < -0.39 is 43.7 Å². The normalized spacial score (nSPS) is 17.3. The number of rotatable bonds is 4. The van der Waals surface area contributed by atoms with Gasteiger partial charge >= 0.3 is 6.18 Å². The van der Waals surface area contributed by atoms with E-state index in [0.717, 1.165) is 21.4 Å². The fraction of sp³-hybridized carbons (Fsp3) is 0.333. The van der Waals surface area contributed by atoms with Crippen molar-refractivity contribution >= 4 is 27.2 Å². The van der Waals surface area contributed by atoms with Gasteiger partial charge in [0, 0.05) is 12.4 Å². The summed E-state index contributed by atoms with van der Waals surface area (Å²) in [5.74, 6) is -1.21. The van der Waals surface area contributed by atoms with Gasteiger partial charge in [-0.1, -0.05) is 6.92 Å². The topological polar surface area (TPSA) is 108 Å². The van der Waals surface area contributed by atoms with Gasteiger partial charge in [0.05, 0.1) is 40.6 Å². The molecule has 0 spiro atoms. The number of amides is 1. The molecule has 0 N–H and O–H groups in total. The third-order valence-electron chi connectivity index (χ3n) is 6.09. The van der Waals surface area contributed by atoms with E-state index >= 15 is 0 Å². The molecule has 12 heteroatoms. The maximum absolute atomic E-state index is 13.3. The zero-order valence-electron chi connectivity index (χ0n) is 17.2. The first-order valence-corrected chi connectivity index (χ1v) is 11.7. The first-order valence-electron chi connectivity index (χ1n) is 10.1. The highest BCUT2D eigenvalue weighted by atomic mass is 32.2. The molecule has 1 amide bonds. The summed E-state index contributed by atoms with van der Waals surface area (Å²) in [6.45, 7) is 1.27. The Morgan fingerprint density at radius 3 is 2.61 bits per heavy atom. The number of nitrogens with zero attached hydrogens (tertiary/aromatic N) is 5. The van der Waals surface area contributed by atoms with Gasteiger partial charge in [0.2, 0.25) is 0 Å². The number of anilines is 1. The van der Waals surface area contributed by atoms with Crippen LogP contribution in [-0.2, 0) is 28.0 Å². The molecule has 0 unspecified atom stereocenters. The van der Waals surface area contributed by atoms with Crippen LogP contribution in [0.2, 0.25) is 0 Å². The van der Waals surface area contributed by atoms with Crippen molar-refractivity contribution in [3.8, 4) is 6.07 Å². The largest absolute Gasteiger partial charge is 0.417 e. The number of hydrogen-bond donors (Lipinski definition) is 0. The van der Waals surface area contributed by atoms with Crippen LogP contribution in [0.25, 0.3) is 5.65 Å². The number of fused-ring (bicyclic) bond motifs is 2. The lowest BCUT2D eigenvalue weighted by Gasteiger charge is -2.15. The molecule has 4 heterocycles. The van der Waals surface area contributed by atoms with Crippen LogP contribution in [0, 0.1) is 11.3 Å². The molecule has 3 aromatic heterocycles. The van der Waals surface area contributed by atoms with Gasteiger partial charge in [-0.3, -0.25) is 19.1 Å². The van der Waals surface area contributed by atoms with E-state index in [1.54, 1.807) is 6.07 Å². The lowest BCUT2D eigenvalue weighted by atomic mass is 9.98. The lowest BCUT2D eigenvalue weighted by molar-refractivity contribution is -0.137. The van der Waals surface area contributed by atoms with Gasteiger partial charge in [0.1, 0.15) is 5.65 Å². The molecule has 5 rings (SSSR count). The number of nitriles is 1. The van der Waals surface area contributed by atoms with Crippen molar-refractivity contribution < 1.29 is 26.4 Å². The van der Waals surface area contributed by atoms with Gasteiger partial charge in [-0.25, -0.2) is 13.4 Å². The number of carbonyl (C=O) groups is 1. The van der Waals surface area contributed by atoms with Crippen molar-refractivity contribution in [2.24, 2.45) is 0 Å². The van der Waals surface area contributed by atoms with Crippen molar-refractivity contribution in [3.63, 3.8) is 0 Å². The van der Waals surface area contributed by atoms with E-state index in [2.05, 4.69) is 16.0 Å². The Kier molecular flexibility index (Phi) is 4.39. The smallest absolute Gasteiger partial charge is 0.288 e. The number of sulfone groups is 1. The SMILES string of the molecule is CCS(=O)(=O)c1c(N2Cc3ncc(C4(C#N)CC4)cc3C2=O)nc2ccc(C(F)(F)F)cn12. The summed E-state index contributed by atoms with van der Waals surface area (Å²) >= 11 is 0. The highest BCUT2D eigenvalue weighted by Gasteiger charge is 2.46. The molecule has 1 fully saturated rings. The second-order valence-electron chi connectivity index (χ2n) is 8.09. The predicted octanol–water partition coefficient (Wildman–Crippen LogP) is 3.26. The van der Waals surface area contributed by atoms with E-state index in [9.17, 15) is 31.6 Å². The molecule has 8 nitrogen and oxygen atoms in total. The lowest BCUT2D eigenvalue weighted by Crippen LogP contribution is -2.26. The standard InChI is InChI=1S/C21H16F3N5O3S/c1-2-33(31,32)19-17(27-16-4-3-12(9-28(16)19)21(22,23)24)29-10-15-14(18(29)30)7-13(8-26-15)20(11-25)5-6-20/h3-4,7-9H,2,5-6,10H2,1H3. The minimum Gasteiger partial charge on any atom is -0.288 e. The molecule has 0 atom stereocenters. The van der Waals surface area contributed by atoms with E-state index in [0.29, 0.717) is 30.3 Å². The Balaban J connectivity index is 1.66. The first-order chi connectivity index (χ1) is 15.5. The van der Waals surface area contributed by atoms with Crippen molar-refractivity contribution in [1.82, 2.24) is 14.4 Å². The Morgan fingerprint density at radius 2 is 2.00 bits per heavy atom. The van der Waals surface area contributed by atoms with E-state index in [-0.39, 0.29) is 23.6 Å². The quantitative estimate of drug-likeness (QED) is 0.573. The molecule has 33 heavy (non-hydrogen) atoms. The summed E-state index contributed by atoms with van der Waals surface area (Å²) in [5, 5.41) is 8.95. The summed E-state index contributed by atoms with van der Waals surface area (Å²) in [6.07, 6.45) is -1.16. The number of halogens is 3. The summed E-state index contributed by atoms with van der Waals surface area (Å²) in [5.41, 5.74) is -0.523. The van der Waals surface area contributed by atoms with Crippen molar-refractivity contribution in [3.05, 3.63) is 53.0 Å². The van der Waals surface area contributed by atoms with Crippen LogP contribution in [0.1, 0.15) is 46.9 Å². The second kappa shape index (κ2) is 6.77. The van der Waals surface area contributed by atoms with Crippen LogP contribution in [0.4, 0.5) is 19.0 Å². The summed E-state index contributed by atoms with van der Waals surface area (Å²) < 4.78 is 66.4. The molecule has 0 bridgehead atoms. The van der Waals surface area contributed by atoms with Gasteiger partial charge in [0.15, 0.2) is 20.7 Å². The Morgan fingerprint density at radius 1 is 1.27 bits per heavy atom. The number of alkyl halides is 3. The molecule has 2 aliphatic rings. The Labute approximate surface area is 186 Å². The van der Waals surface area contributed by atoms with E-state index in [1.807, 2.05) is 0 Å². The second-order valence-corrected chi connectivity index (χ2v) is 10.3. The number of carbonyl (C=O) groups excluding carboxylic acids is 1. The zero-order valence-corrected chi connectivity index (χ0v) is 18.0. The summed E-state index contributed by atoms with van der Waals surface area (Å²) in [4.78, 5) is 22.9. The molecular weight excluding hydrogens is 459 g/mol. The van der Waals surface area contributed by atoms with Crippen LogP contribution in [-0.4, -0.2) is 34.4 Å². The van der Waals surface area contributed by atoms with Gasteiger partial charge in [-0.05, 0) is 36.6 Å².